The quantitative estimate of drug-likeness (QED) is 0.469. The van der Waals surface area contributed by atoms with Gasteiger partial charge in [-0.05, 0) is 31.9 Å². The standard InChI is InChI=1S/C16H15Cl3N4O/c1-7-4-8(2)10(9(3)5-7)6-21-23-16(24)14-11(17)13(20)12(18)15(19)22-14/h4-6H,1-3H3,(H2,20,22)(H,23,24)/b21-6-. The third-order valence-corrected chi connectivity index (χ3v) is 4.52. The number of anilines is 1. The van der Waals surface area contributed by atoms with Gasteiger partial charge in [-0.2, -0.15) is 5.10 Å². The number of nitrogen functional groups attached to an aromatic ring is 1. The lowest BCUT2D eigenvalue weighted by molar-refractivity contribution is 0.0950. The van der Waals surface area contributed by atoms with Crippen LogP contribution in [-0.2, 0) is 0 Å². The number of hydrazone groups is 1. The van der Waals surface area contributed by atoms with Gasteiger partial charge in [0, 0.05) is 5.56 Å². The van der Waals surface area contributed by atoms with E-state index in [2.05, 4.69) is 15.5 Å². The maximum atomic E-state index is 12.2. The molecule has 126 valence electrons. The summed E-state index contributed by atoms with van der Waals surface area (Å²) in [5, 5.41) is 3.79. The van der Waals surface area contributed by atoms with Crippen molar-refractivity contribution in [3.63, 3.8) is 0 Å². The van der Waals surface area contributed by atoms with Gasteiger partial charge in [0.1, 0.15) is 5.02 Å². The van der Waals surface area contributed by atoms with Crippen molar-refractivity contribution in [2.75, 3.05) is 5.73 Å². The molecule has 0 fully saturated rings. The highest BCUT2D eigenvalue weighted by Gasteiger charge is 2.19. The number of nitrogens with one attached hydrogen (secondary N) is 1. The number of carbonyl (C=O) groups is 1. The maximum Gasteiger partial charge on any atom is 0.291 e. The third kappa shape index (κ3) is 3.80. The Labute approximate surface area is 154 Å². The predicted octanol–water partition coefficient (Wildman–Crippen LogP) is 4.31. The van der Waals surface area contributed by atoms with E-state index in [1.54, 1.807) is 6.21 Å². The van der Waals surface area contributed by atoms with Gasteiger partial charge >= 0.3 is 0 Å². The highest BCUT2D eigenvalue weighted by molar-refractivity contribution is 6.46. The highest BCUT2D eigenvalue weighted by atomic mass is 35.5. The average molecular weight is 386 g/mol. The number of hydrogen-bond acceptors (Lipinski definition) is 4. The van der Waals surface area contributed by atoms with Gasteiger partial charge < -0.3 is 5.73 Å². The van der Waals surface area contributed by atoms with E-state index < -0.39 is 5.91 Å². The Hall–Kier alpha value is -1.82. The van der Waals surface area contributed by atoms with Crippen LogP contribution < -0.4 is 11.2 Å². The molecule has 1 heterocycles. The van der Waals surface area contributed by atoms with Crippen LogP contribution in [-0.4, -0.2) is 17.1 Å². The Morgan fingerprint density at radius 1 is 1.17 bits per heavy atom. The van der Waals surface area contributed by atoms with Crippen LogP contribution in [0.3, 0.4) is 0 Å². The number of nitrogens with two attached hydrogens (primary N) is 1. The Morgan fingerprint density at radius 3 is 2.33 bits per heavy atom. The van der Waals surface area contributed by atoms with Crippen LogP contribution in [0.5, 0.6) is 0 Å². The summed E-state index contributed by atoms with van der Waals surface area (Å²) >= 11 is 17.6. The molecule has 0 atom stereocenters. The summed E-state index contributed by atoms with van der Waals surface area (Å²) in [4.78, 5) is 16.0. The number of halogens is 3. The van der Waals surface area contributed by atoms with Crippen LogP contribution in [0.15, 0.2) is 17.2 Å². The number of aromatic nitrogens is 1. The van der Waals surface area contributed by atoms with Crippen LogP contribution in [0, 0.1) is 20.8 Å². The second-order valence-corrected chi connectivity index (χ2v) is 6.42. The molecule has 1 aromatic carbocycles. The van der Waals surface area contributed by atoms with Gasteiger partial charge in [0.25, 0.3) is 5.91 Å². The fraction of sp³-hybridized carbons (Fsp3) is 0.188. The van der Waals surface area contributed by atoms with E-state index in [9.17, 15) is 4.79 Å². The van der Waals surface area contributed by atoms with Crippen molar-refractivity contribution in [2.24, 2.45) is 5.10 Å². The summed E-state index contributed by atoms with van der Waals surface area (Å²) in [5.74, 6) is -0.635. The second kappa shape index (κ2) is 7.38. The number of hydrogen-bond donors (Lipinski definition) is 2. The van der Waals surface area contributed by atoms with Crippen molar-refractivity contribution in [1.82, 2.24) is 10.4 Å². The molecular weight excluding hydrogens is 371 g/mol. The van der Waals surface area contributed by atoms with Gasteiger partial charge in [-0.1, -0.05) is 52.5 Å². The van der Waals surface area contributed by atoms with Gasteiger partial charge in [-0.25, -0.2) is 10.4 Å². The lowest BCUT2D eigenvalue weighted by atomic mass is 10.0. The second-order valence-electron chi connectivity index (χ2n) is 5.30. The monoisotopic (exact) mass is 384 g/mol. The molecule has 0 bridgehead atoms. The number of rotatable bonds is 3. The minimum absolute atomic E-state index is 0.00214. The van der Waals surface area contributed by atoms with E-state index >= 15 is 0 Å². The molecule has 8 heteroatoms. The zero-order valence-corrected chi connectivity index (χ0v) is 15.5. The summed E-state index contributed by atoms with van der Waals surface area (Å²) in [6.07, 6.45) is 1.57. The van der Waals surface area contributed by atoms with Gasteiger partial charge in [0.15, 0.2) is 10.8 Å². The molecular formula is C16H15Cl3N4O. The average Bonchev–Trinajstić information content (AvgIpc) is 2.51. The normalized spacial score (nSPS) is 11.1. The summed E-state index contributed by atoms with van der Waals surface area (Å²) in [6.45, 7) is 5.97. The molecule has 0 aliphatic carbocycles. The number of benzene rings is 1. The molecule has 0 saturated carbocycles. The molecule has 0 spiro atoms. The number of pyridine rings is 1. The summed E-state index contributed by atoms with van der Waals surface area (Å²) in [5.41, 5.74) is 12.1. The Bertz CT molecular complexity index is 827. The number of nitrogens with zero attached hydrogens (tertiary/aromatic N) is 2. The lowest BCUT2D eigenvalue weighted by Gasteiger charge is -2.08. The first kappa shape index (κ1) is 18.5. The molecule has 1 aromatic heterocycles. The van der Waals surface area contributed by atoms with E-state index in [0.717, 1.165) is 22.3 Å². The van der Waals surface area contributed by atoms with E-state index in [1.807, 2.05) is 32.9 Å². The molecule has 3 N–H and O–H groups in total. The lowest BCUT2D eigenvalue weighted by Crippen LogP contribution is -2.20. The van der Waals surface area contributed by atoms with E-state index in [-0.39, 0.29) is 26.6 Å². The minimum Gasteiger partial charge on any atom is -0.396 e. The minimum atomic E-state index is -0.635. The number of aryl methyl sites for hydroxylation is 3. The van der Waals surface area contributed by atoms with Gasteiger partial charge in [0.05, 0.1) is 16.9 Å². The fourth-order valence-electron chi connectivity index (χ4n) is 2.29. The molecule has 1 amide bonds. The molecule has 24 heavy (non-hydrogen) atoms. The third-order valence-electron chi connectivity index (χ3n) is 3.38. The van der Waals surface area contributed by atoms with Crippen molar-refractivity contribution in [3.05, 3.63) is 55.3 Å². The Morgan fingerprint density at radius 2 is 1.75 bits per heavy atom. The summed E-state index contributed by atoms with van der Waals surface area (Å²) < 4.78 is 0. The first-order valence-corrected chi connectivity index (χ1v) is 8.07. The van der Waals surface area contributed by atoms with Crippen LogP contribution >= 0.6 is 34.8 Å². The molecule has 0 aliphatic rings. The Balaban J connectivity index is 2.23. The van der Waals surface area contributed by atoms with Crippen molar-refractivity contribution in [2.45, 2.75) is 20.8 Å². The highest BCUT2D eigenvalue weighted by Crippen LogP contribution is 2.34. The van der Waals surface area contributed by atoms with Crippen LogP contribution in [0.1, 0.15) is 32.7 Å². The largest absolute Gasteiger partial charge is 0.396 e. The van der Waals surface area contributed by atoms with E-state index in [4.69, 9.17) is 40.5 Å². The number of carbonyl (C=O) groups excluding carboxylic acids is 1. The maximum absolute atomic E-state index is 12.2. The van der Waals surface area contributed by atoms with Crippen molar-refractivity contribution in [1.29, 1.82) is 0 Å². The van der Waals surface area contributed by atoms with Gasteiger partial charge in [-0.15, -0.1) is 0 Å². The molecule has 5 nitrogen and oxygen atoms in total. The van der Waals surface area contributed by atoms with Gasteiger partial charge in [-0.3, -0.25) is 4.79 Å². The van der Waals surface area contributed by atoms with Crippen LogP contribution in [0.2, 0.25) is 15.2 Å². The zero-order chi connectivity index (χ0) is 18.0. The molecule has 0 radical (unpaired) electrons. The van der Waals surface area contributed by atoms with Crippen molar-refractivity contribution >= 4 is 52.6 Å². The van der Waals surface area contributed by atoms with E-state index in [1.165, 1.54) is 0 Å². The molecule has 2 aromatic rings. The Kier molecular flexibility index (Phi) is 5.70. The summed E-state index contributed by atoms with van der Waals surface area (Å²) in [7, 11) is 0. The van der Waals surface area contributed by atoms with E-state index in [0.29, 0.717) is 0 Å². The topological polar surface area (TPSA) is 80.4 Å². The predicted molar refractivity (Wildman–Crippen MR) is 99.4 cm³/mol. The smallest absolute Gasteiger partial charge is 0.291 e. The van der Waals surface area contributed by atoms with Crippen molar-refractivity contribution < 1.29 is 4.79 Å². The summed E-state index contributed by atoms with van der Waals surface area (Å²) in [6, 6.07) is 4.07. The zero-order valence-electron chi connectivity index (χ0n) is 13.2. The first-order chi connectivity index (χ1) is 11.2. The first-order valence-electron chi connectivity index (χ1n) is 6.93. The van der Waals surface area contributed by atoms with Gasteiger partial charge in [0.2, 0.25) is 0 Å². The van der Waals surface area contributed by atoms with Crippen LogP contribution in [0.25, 0.3) is 0 Å². The molecule has 2 rings (SSSR count). The fourth-order valence-corrected chi connectivity index (χ4v) is 2.88. The molecule has 0 aliphatic heterocycles. The van der Waals surface area contributed by atoms with Crippen molar-refractivity contribution in [3.8, 4) is 0 Å². The SMILES string of the molecule is Cc1cc(C)c(/C=N\NC(=O)c2nc(Cl)c(Cl)c(N)c2Cl)c(C)c1. The molecule has 0 saturated heterocycles. The van der Waals surface area contributed by atoms with Crippen LogP contribution in [0.4, 0.5) is 5.69 Å². The molecule has 0 unspecified atom stereocenters. The number of amides is 1.